The molecule has 144 valence electrons. The normalized spacial score (nSPS) is 17.5. The molecule has 3 rings (SSSR count). The first-order chi connectivity index (χ1) is 12.9. The zero-order valence-electron chi connectivity index (χ0n) is 15.2. The third-order valence-electron chi connectivity index (χ3n) is 4.26. The summed E-state index contributed by atoms with van der Waals surface area (Å²) in [5.41, 5.74) is 0.531. The summed E-state index contributed by atoms with van der Waals surface area (Å²) in [4.78, 5) is 18.5. The quantitative estimate of drug-likeness (QED) is 0.737. The molecule has 2 N–H and O–H groups in total. The third kappa shape index (κ3) is 4.37. The van der Waals surface area contributed by atoms with Crippen LogP contribution in [0.15, 0.2) is 57.0 Å². The molecule has 0 saturated heterocycles. The van der Waals surface area contributed by atoms with Crippen molar-refractivity contribution in [3.8, 4) is 0 Å². The number of furan rings is 1. The van der Waals surface area contributed by atoms with Crippen molar-refractivity contribution in [3.05, 3.63) is 54.0 Å². The maximum Gasteiger partial charge on any atom is 0.263 e. The highest BCUT2D eigenvalue weighted by molar-refractivity contribution is 7.90. The zero-order chi connectivity index (χ0) is 19.4. The SMILES string of the molecule is CN(C)C(CNC(=O)CCN=C1NS(=O)(=O)c2ccccc21)c1ccco1. The van der Waals surface area contributed by atoms with Crippen LogP contribution in [-0.4, -0.2) is 52.2 Å². The molecule has 1 unspecified atom stereocenters. The van der Waals surface area contributed by atoms with Crippen LogP contribution in [-0.2, 0) is 14.8 Å². The van der Waals surface area contributed by atoms with Crippen LogP contribution in [0, 0.1) is 0 Å². The molecule has 1 aromatic heterocycles. The molecular weight excluding hydrogens is 368 g/mol. The van der Waals surface area contributed by atoms with Gasteiger partial charge >= 0.3 is 0 Å². The van der Waals surface area contributed by atoms with Gasteiger partial charge in [-0.05, 0) is 38.4 Å². The Balaban J connectivity index is 1.55. The van der Waals surface area contributed by atoms with Crippen LogP contribution >= 0.6 is 0 Å². The maximum absolute atomic E-state index is 12.1. The largest absolute Gasteiger partial charge is 0.468 e. The number of hydrogen-bond donors (Lipinski definition) is 2. The number of hydrogen-bond acceptors (Lipinski definition) is 6. The van der Waals surface area contributed by atoms with Gasteiger partial charge in [-0.15, -0.1) is 0 Å². The van der Waals surface area contributed by atoms with Crippen molar-refractivity contribution in [2.24, 2.45) is 4.99 Å². The second-order valence-electron chi connectivity index (χ2n) is 6.38. The summed E-state index contributed by atoms with van der Waals surface area (Å²) in [5.74, 6) is 0.893. The molecule has 0 aliphatic carbocycles. The number of rotatable bonds is 7. The number of likely N-dealkylation sites (N-methyl/N-ethyl adjacent to an activating group) is 1. The van der Waals surface area contributed by atoms with Crippen LogP contribution in [0.25, 0.3) is 0 Å². The standard InChI is InChI=1S/C18H22N4O4S/c1-22(2)14(15-7-5-11-26-15)12-20-17(23)9-10-19-18-13-6-3-4-8-16(13)27(24,25)21-18/h3-8,11,14H,9-10,12H2,1-2H3,(H,19,21)(H,20,23). The van der Waals surface area contributed by atoms with E-state index in [1.807, 2.05) is 31.1 Å². The molecule has 2 aromatic rings. The molecule has 0 saturated carbocycles. The molecule has 0 bridgehead atoms. The van der Waals surface area contributed by atoms with E-state index in [1.54, 1.807) is 24.5 Å². The number of aliphatic imine (C=N–C) groups is 1. The monoisotopic (exact) mass is 390 g/mol. The second kappa shape index (κ2) is 7.93. The summed E-state index contributed by atoms with van der Waals surface area (Å²) in [6.45, 7) is 0.594. The number of nitrogens with one attached hydrogen (secondary N) is 2. The zero-order valence-corrected chi connectivity index (χ0v) is 16.0. The van der Waals surface area contributed by atoms with Crippen LogP contribution in [0.5, 0.6) is 0 Å². The van der Waals surface area contributed by atoms with Gasteiger partial charge in [0.2, 0.25) is 5.91 Å². The molecule has 0 radical (unpaired) electrons. The van der Waals surface area contributed by atoms with Crippen LogP contribution in [0.4, 0.5) is 0 Å². The van der Waals surface area contributed by atoms with Crippen LogP contribution < -0.4 is 10.0 Å². The lowest BCUT2D eigenvalue weighted by atomic mass is 10.2. The fourth-order valence-electron chi connectivity index (χ4n) is 2.84. The second-order valence-corrected chi connectivity index (χ2v) is 8.03. The highest BCUT2D eigenvalue weighted by Crippen LogP contribution is 2.22. The highest BCUT2D eigenvalue weighted by Gasteiger charge is 2.30. The van der Waals surface area contributed by atoms with E-state index in [1.165, 1.54) is 6.07 Å². The number of benzene rings is 1. The van der Waals surface area contributed by atoms with Gasteiger partial charge in [-0.1, -0.05) is 12.1 Å². The van der Waals surface area contributed by atoms with E-state index in [0.717, 1.165) is 5.76 Å². The number of carbonyl (C=O) groups is 1. The van der Waals surface area contributed by atoms with Crippen molar-refractivity contribution in [1.29, 1.82) is 0 Å². The van der Waals surface area contributed by atoms with Crippen LogP contribution in [0.3, 0.4) is 0 Å². The first kappa shape index (κ1) is 19.1. The van der Waals surface area contributed by atoms with Gasteiger partial charge in [0.05, 0.1) is 23.7 Å². The van der Waals surface area contributed by atoms with E-state index in [9.17, 15) is 13.2 Å². The Morgan fingerprint density at radius 3 is 2.74 bits per heavy atom. The van der Waals surface area contributed by atoms with Crippen LogP contribution in [0.2, 0.25) is 0 Å². The predicted octanol–water partition coefficient (Wildman–Crippen LogP) is 1.13. The lowest BCUT2D eigenvalue weighted by molar-refractivity contribution is -0.121. The molecule has 0 fully saturated rings. The molecule has 1 aliphatic heterocycles. The molecule has 0 spiro atoms. The number of sulfonamides is 1. The van der Waals surface area contributed by atoms with E-state index >= 15 is 0 Å². The lowest BCUT2D eigenvalue weighted by Crippen LogP contribution is -2.34. The van der Waals surface area contributed by atoms with Crippen molar-refractivity contribution in [1.82, 2.24) is 14.9 Å². The molecule has 9 heteroatoms. The Morgan fingerprint density at radius 1 is 1.26 bits per heavy atom. The number of carbonyl (C=O) groups excluding carboxylic acids is 1. The van der Waals surface area contributed by atoms with Gasteiger partial charge in [-0.25, -0.2) is 8.42 Å². The highest BCUT2D eigenvalue weighted by atomic mass is 32.2. The Labute approximate surface area is 158 Å². The molecule has 1 aromatic carbocycles. The van der Waals surface area contributed by atoms with Crippen molar-refractivity contribution >= 4 is 21.8 Å². The molecule has 27 heavy (non-hydrogen) atoms. The number of amidine groups is 1. The minimum Gasteiger partial charge on any atom is -0.468 e. The summed E-state index contributed by atoms with van der Waals surface area (Å²) in [5, 5.41) is 2.86. The molecule has 1 amide bonds. The number of fused-ring (bicyclic) bond motifs is 1. The summed E-state index contributed by atoms with van der Waals surface area (Å²) >= 11 is 0. The lowest BCUT2D eigenvalue weighted by Gasteiger charge is -2.22. The smallest absolute Gasteiger partial charge is 0.263 e. The average molecular weight is 390 g/mol. The predicted molar refractivity (Wildman–Crippen MR) is 101 cm³/mol. The Morgan fingerprint density at radius 2 is 2.04 bits per heavy atom. The molecule has 1 aliphatic rings. The topological polar surface area (TPSA) is 104 Å². The molecular formula is C18H22N4O4S. The van der Waals surface area contributed by atoms with Crippen molar-refractivity contribution in [2.75, 3.05) is 27.2 Å². The van der Waals surface area contributed by atoms with Gasteiger partial charge in [0.1, 0.15) is 11.6 Å². The Bertz CT molecular complexity index is 936. The fraction of sp³-hybridized carbons (Fsp3) is 0.333. The number of amides is 1. The van der Waals surface area contributed by atoms with Gasteiger partial charge in [0.15, 0.2) is 0 Å². The molecule has 2 heterocycles. The summed E-state index contributed by atoms with van der Waals surface area (Å²) in [6, 6.07) is 10.2. The summed E-state index contributed by atoms with van der Waals surface area (Å²) in [6.07, 6.45) is 1.76. The minimum absolute atomic E-state index is 0.0659. The summed E-state index contributed by atoms with van der Waals surface area (Å²) in [7, 11) is 0.265. The first-order valence-corrected chi connectivity index (χ1v) is 10.00. The van der Waals surface area contributed by atoms with E-state index < -0.39 is 10.0 Å². The van der Waals surface area contributed by atoms with E-state index in [4.69, 9.17) is 4.42 Å². The van der Waals surface area contributed by atoms with E-state index in [2.05, 4.69) is 15.0 Å². The summed E-state index contributed by atoms with van der Waals surface area (Å²) < 4.78 is 31.9. The minimum atomic E-state index is -3.56. The van der Waals surface area contributed by atoms with E-state index in [0.29, 0.717) is 12.1 Å². The van der Waals surface area contributed by atoms with Crippen molar-refractivity contribution in [2.45, 2.75) is 17.4 Å². The average Bonchev–Trinajstić information content (AvgIpc) is 3.22. The van der Waals surface area contributed by atoms with Gasteiger partial charge in [0.25, 0.3) is 10.0 Å². The fourth-order valence-corrected chi connectivity index (χ4v) is 4.09. The molecule has 1 atom stereocenters. The number of nitrogens with zero attached hydrogens (tertiary/aromatic N) is 2. The Hall–Kier alpha value is -2.65. The van der Waals surface area contributed by atoms with Gasteiger partial charge in [-0.3, -0.25) is 19.4 Å². The van der Waals surface area contributed by atoms with Crippen LogP contribution in [0.1, 0.15) is 23.8 Å². The van der Waals surface area contributed by atoms with Gasteiger partial charge < -0.3 is 9.73 Å². The van der Waals surface area contributed by atoms with E-state index in [-0.39, 0.29) is 35.6 Å². The molecule has 8 nitrogen and oxygen atoms in total. The Kier molecular flexibility index (Phi) is 5.62. The third-order valence-corrected chi connectivity index (χ3v) is 5.66. The van der Waals surface area contributed by atoms with Crippen molar-refractivity contribution < 1.29 is 17.6 Å². The van der Waals surface area contributed by atoms with Gasteiger partial charge in [0, 0.05) is 18.5 Å². The first-order valence-electron chi connectivity index (χ1n) is 8.51. The van der Waals surface area contributed by atoms with Gasteiger partial charge in [-0.2, -0.15) is 0 Å². The van der Waals surface area contributed by atoms with Crippen molar-refractivity contribution in [3.63, 3.8) is 0 Å². The maximum atomic E-state index is 12.1.